The number of hydrogen-bond donors (Lipinski definition) is 0. The van der Waals surface area contributed by atoms with Crippen molar-refractivity contribution in [3.05, 3.63) is 53.7 Å². The molecule has 1 spiro atoms. The van der Waals surface area contributed by atoms with Crippen molar-refractivity contribution < 1.29 is 14.3 Å². The Morgan fingerprint density at radius 3 is 2.61 bits per heavy atom. The first kappa shape index (κ1) is 18.9. The van der Waals surface area contributed by atoms with Crippen LogP contribution in [0.25, 0.3) is 0 Å². The minimum Gasteiger partial charge on any atom is -0.347 e. The molecule has 0 radical (unpaired) electrons. The highest BCUT2D eigenvalue weighted by molar-refractivity contribution is 5.95. The van der Waals surface area contributed by atoms with E-state index in [9.17, 15) is 4.79 Å². The molecule has 6 nitrogen and oxygen atoms in total. The quantitative estimate of drug-likeness (QED) is 0.811. The zero-order chi connectivity index (χ0) is 19.6. The number of anilines is 2. The second kappa shape index (κ2) is 7.89. The van der Waals surface area contributed by atoms with Crippen molar-refractivity contribution in [3.8, 4) is 0 Å². The van der Waals surface area contributed by atoms with Crippen LogP contribution in [0.5, 0.6) is 0 Å². The molecule has 4 rings (SSSR count). The van der Waals surface area contributed by atoms with Gasteiger partial charge in [0.2, 0.25) is 0 Å². The number of likely N-dealkylation sites (tertiary alicyclic amines) is 1. The molecule has 1 amide bonds. The van der Waals surface area contributed by atoms with Gasteiger partial charge in [0.25, 0.3) is 5.91 Å². The van der Waals surface area contributed by atoms with Crippen LogP contribution in [0.3, 0.4) is 0 Å². The van der Waals surface area contributed by atoms with Crippen LogP contribution in [-0.2, 0) is 9.47 Å². The zero-order valence-electron chi connectivity index (χ0n) is 16.6. The van der Waals surface area contributed by atoms with Gasteiger partial charge in [-0.05, 0) is 43.7 Å². The lowest BCUT2D eigenvalue weighted by atomic mass is 10.0. The Bertz CT molecular complexity index is 838. The number of pyridine rings is 1. The van der Waals surface area contributed by atoms with Crippen molar-refractivity contribution in [3.63, 3.8) is 0 Å². The Hall–Kier alpha value is -2.44. The average Bonchev–Trinajstić information content (AvgIpc) is 3.17. The first-order chi connectivity index (χ1) is 13.6. The summed E-state index contributed by atoms with van der Waals surface area (Å²) in [6.45, 7) is 7.52. The molecular weight excluding hydrogens is 354 g/mol. The molecule has 148 valence electrons. The summed E-state index contributed by atoms with van der Waals surface area (Å²) in [5.41, 5.74) is 2.94. The number of rotatable bonds is 4. The SMILES string of the molecule is CCN(c1cccc(C)c1)c1cc(C(=O)N2CCC3(CC2)OCCO3)ccn1. The molecular formula is C22H27N3O3. The van der Waals surface area contributed by atoms with Gasteiger partial charge in [-0.2, -0.15) is 0 Å². The third-order valence-electron chi connectivity index (χ3n) is 5.52. The molecule has 0 saturated carbocycles. The van der Waals surface area contributed by atoms with Crippen LogP contribution in [0.2, 0.25) is 0 Å². The van der Waals surface area contributed by atoms with Crippen LogP contribution < -0.4 is 4.90 Å². The van der Waals surface area contributed by atoms with E-state index in [1.807, 2.05) is 17.0 Å². The Kier molecular flexibility index (Phi) is 5.33. The number of benzene rings is 1. The predicted octanol–water partition coefficient (Wildman–Crippen LogP) is 3.53. The summed E-state index contributed by atoms with van der Waals surface area (Å²) in [7, 11) is 0. The fraction of sp³-hybridized carbons (Fsp3) is 0.455. The highest BCUT2D eigenvalue weighted by Gasteiger charge is 2.40. The van der Waals surface area contributed by atoms with Crippen LogP contribution in [0.15, 0.2) is 42.6 Å². The molecule has 28 heavy (non-hydrogen) atoms. The molecule has 6 heteroatoms. The van der Waals surface area contributed by atoms with E-state index < -0.39 is 5.79 Å². The smallest absolute Gasteiger partial charge is 0.254 e. The number of aromatic nitrogens is 1. The van der Waals surface area contributed by atoms with Gasteiger partial charge in [0.05, 0.1) is 13.2 Å². The van der Waals surface area contributed by atoms with Gasteiger partial charge in [-0.25, -0.2) is 4.98 Å². The minimum absolute atomic E-state index is 0.0387. The number of ether oxygens (including phenoxy) is 2. The first-order valence-corrected chi connectivity index (χ1v) is 9.98. The van der Waals surface area contributed by atoms with Crippen LogP contribution in [0.4, 0.5) is 11.5 Å². The summed E-state index contributed by atoms with van der Waals surface area (Å²) in [6, 6.07) is 12.0. The zero-order valence-corrected chi connectivity index (χ0v) is 16.6. The summed E-state index contributed by atoms with van der Waals surface area (Å²) < 4.78 is 11.5. The molecule has 0 atom stereocenters. The van der Waals surface area contributed by atoms with Gasteiger partial charge in [-0.15, -0.1) is 0 Å². The molecule has 0 bridgehead atoms. The van der Waals surface area contributed by atoms with E-state index in [-0.39, 0.29) is 5.91 Å². The number of amides is 1. The van der Waals surface area contributed by atoms with Crippen LogP contribution in [0.1, 0.15) is 35.7 Å². The Balaban J connectivity index is 1.51. The van der Waals surface area contributed by atoms with E-state index in [0.29, 0.717) is 31.9 Å². The summed E-state index contributed by atoms with van der Waals surface area (Å²) >= 11 is 0. The monoisotopic (exact) mass is 381 g/mol. The Morgan fingerprint density at radius 1 is 1.18 bits per heavy atom. The molecule has 0 unspecified atom stereocenters. The standard InChI is InChI=1S/C22H27N3O3/c1-3-25(19-6-4-5-17(2)15-19)20-16-18(7-10-23-20)21(26)24-11-8-22(9-12-24)27-13-14-28-22/h4-7,10,15-16H,3,8-9,11-14H2,1-2H3. The van der Waals surface area contributed by atoms with Crippen molar-refractivity contribution in [2.24, 2.45) is 0 Å². The lowest BCUT2D eigenvalue weighted by Crippen LogP contribution is -2.47. The fourth-order valence-electron chi connectivity index (χ4n) is 3.99. The molecule has 3 heterocycles. The van der Waals surface area contributed by atoms with E-state index in [2.05, 4.69) is 41.9 Å². The fourth-order valence-corrected chi connectivity index (χ4v) is 3.99. The van der Waals surface area contributed by atoms with Gasteiger partial charge in [0, 0.05) is 49.9 Å². The maximum atomic E-state index is 13.1. The van der Waals surface area contributed by atoms with Gasteiger partial charge >= 0.3 is 0 Å². The number of nitrogens with zero attached hydrogens (tertiary/aromatic N) is 3. The third kappa shape index (κ3) is 3.75. The van der Waals surface area contributed by atoms with Crippen molar-refractivity contribution in [2.75, 3.05) is 37.7 Å². The number of carbonyl (C=O) groups excluding carboxylic acids is 1. The summed E-state index contributed by atoms with van der Waals surface area (Å²) in [5, 5.41) is 0. The van der Waals surface area contributed by atoms with Crippen molar-refractivity contribution >= 4 is 17.4 Å². The molecule has 0 aliphatic carbocycles. The average molecular weight is 381 g/mol. The number of aryl methyl sites for hydroxylation is 1. The molecule has 0 N–H and O–H groups in total. The van der Waals surface area contributed by atoms with Crippen LogP contribution >= 0.6 is 0 Å². The van der Waals surface area contributed by atoms with E-state index in [4.69, 9.17) is 9.47 Å². The van der Waals surface area contributed by atoms with Gasteiger partial charge in [0.15, 0.2) is 5.79 Å². The lowest BCUT2D eigenvalue weighted by Gasteiger charge is -2.37. The molecule has 2 aromatic rings. The number of piperidine rings is 1. The summed E-state index contributed by atoms with van der Waals surface area (Å²) in [6.07, 6.45) is 3.16. The highest BCUT2D eigenvalue weighted by Crippen LogP contribution is 2.32. The molecule has 2 aliphatic rings. The number of hydrogen-bond acceptors (Lipinski definition) is 5. The normalized spacial score (nSPS) is 18.4. The predicted molar refractivity (Wildman–Crippen MR) is 108 cm³/mol. The third-order valence-corrected chi connectivity index (χ3v) is 5.52. The van der Waals surface area contributed by atoms with E-state index in [1.165, 1.54) is 5.56 Å². The highest BCUT2D eigenvalue weighted by atomic mass is 16.7. The van der Waals surface area contributed by atoms with Crippen molar-refractivity contribution in [1.29, 1.82) is 0 Å². The molecule has 1 aromatic carbocycles. The second-order valence-corrected chi connectivity index (χ2v) is 7.39. The lowest BCUT2D eigenvalue weighted by molar-refractivity contribution is -0.181. The van der Waals surface area contributed by atoms with Crippen LogP contribution in [-0.4, -0.2) is 54.4 Å². The Labute approximate surface area is 166 Å². The maximum Gasteiger partial charge on any atom is 0.254 e. The molecule has 2 saturated heterocycles. The van der Waals surface area contributed by atoms with Gasteiger partial charge in [-0.1, -0.05) is 12.1 Å². The second-order valence-electron chi connectivity index (χ2n) is 7.39. The van der Waals surface area contributed by atoms with Gasteiger partial charge in [0.1, 0.15) is 5.82 Å². The molecule has 1 aromatic heterocycles. The number of carbonyl (C=O) groups is 1. The molecule has 2 fully saturated rings. The van der Waals surface area contributed by atoms with E-state index >= 15 is 0 Å². The van der Waals surface area contributed by atoms with E-state index in [1.54, 1.807) is 12.3 Å². The summed E-state index contributed by atoms with van der Waals surface area (Å²) in [4.78, 5) is 21.6. The van der Waals surface area contributed by atoms with Crippen molar-refractivity contribution in [1.82, 2.24) is 9.88 Å². The summed E-state index contributed by atoms with van der Waals surface area (Å²) in [5.74, 6) is 0.358. The maximum absolute atomic E-state index is 13.1. The van der Waals surface area contributed by atoms with E-state index in [0.717, 1.165) is 30.9 Å². The van der Waals surface area contributed by atoms with Gasteiger partial charge in [-0.3, -0.25) is 4.79 Å². The molecule has 2 aliphatic heterocycles. The van der Waals surface area contributed by atoms with Crippen molar-refractivity contribution in [2.45, 2.75) is 32.5 Å². The largest absolute Gasteiger partial charge is 0.347 e. The minimum atomic E-state index is -0.468. The van der Waals surface area contributed by atoms with Crippen LogP contribution in [0, 0.1) is 6.92 Å². The Morgan fingerprint density at radius 2 is 1.93 bits per heavy atom. The topological polar surface area (TPSA) is 54.9 Å². The van der Waals surface area contributed by atoms with Gasteiger partial charge < -0.3 is 19.3 Å². The first-order valence-electron chi connectivity index (χ1n) is 9.98.